The third-order valence-electron chi connectivity index (χ3n) is 3.69. The molecule has 1 fully saturated rings. The maximum absolute atomic E-state index is 12.9. The molecule has 0 aromatic carbocycles. The van der Waals surface area contributed by atoms with E-state index in [0.29, 0.717) is 13.0 Å². The van der Waals surface area contributed by atoms with Crippen molar-refractivity contribution in [1.82, 2.24) is 0 Å². The van der Waals surface area contributed by atoms with Gasteiger partial charge in [0.05, 0.1) is 6.10 Å². The molecule has 1 unspecified atom stereocenters. The minimum Gasteiger partial charge on any atom is -0.378 e. The zero-order valence-electron chi connectivity index (χ0n) is 9.22. The predicted molar refractivity (Wildman–Crippen MR) is 52.5 cm³/mol. The molecule has 0 radical (unpaired) electrons. The van der Waals surface area contributed by atoms with Crippen LogP contribution in [0, 0.1) is 11.3 Å². The Morgan fingerprint density at radius 1 is 1.50 bits per heavy atom. The van der Waals surface area contributed by atoms with Crippen LogP contribution in [0.3, 0.4) is 0 Å². The van der Waals surface area contributed by atoms with Crippen LogP contribution in [-0.4, -0.2) is 19.1 Å². The van der Waals surface area contributed by atoms with E-state index in [1.807, 2.05) is 13.8 Å². The first-order valence-electron chi connectivity index (χ1n) is 5.40. The second kappa shape index (κ2) is 4.56. The standard InChI is InChI=1S/C11H20F2O/c1-4-9-7-8(2)11(3,10(12)13)5-6-14-9/h8-10H,4-7H2,1-3H3/t8?,9-,11+/m0/s1. The second-order valence-corrected chi connectivity index (χ2v) is 4.59. The van der Waals surface area contributed by atoms with Gasteiger partial charge in [-0.05, 0) is 25.2 Å². The third-order valence-corrected chi connectivity index (χ3v) is 3.69. The van der Waals surface area contributed by atoms with E-state index in [1.165, 1.54) is 0 Å². The van der Waals surface area contributed by atoms with Gasteiger partial charge in [-0.3, -0.25) is 0 Å². The maximum Gasteiger partial charge on any atom is 0.244 e. The highest BCUT2D eigenvalue weighted by Gasteiger charge is 2.42. The number of ether oxygens (including phenoxy) is 1. The number of halogens is 2. The van der Waals surface area contributed by atoms with E-state index >= 15 is 0 Å². The highest BCUT2D eigenvalue weighted by Crippen LogP contribution is 2.42. The number of hydrogen-bond acceptors (Lipinski definition) is 1. The molecule has 3 heteroatoms. The van der Waals surface area contributed by atoms with Crippen molar-refractivity contribution < 1.29 is 13.5 Å². The van der Waals surface area contributed by atoms with Crippen LogP contribution in [0.25, 0.3) is 0 Å². The average Bonchev–Trinajstić information content (AvgIpc) is 2.28. The molecular weight excluding hydrogens is 186 g/mol. The van der Waals surface area contributed by atoms with Gasteiger partial charge in [0.25, 0.3) is 0 Å². The first-order valence-corrected chi connectivity index (χ1v) is 5.40. The summed E-state index contributed by atoms with van der Waals surface area (Å²) in [6.45, 7) is 6.12. The van der Waals surface area contributed by atoms with E-state index in [-0.39, 0.29) is 12.0 Å². The first kappa shape index (κ1) is 11.9. The van der Waals surface area contributed by atoms with E-state index in [1.54, 1.807) is 6.92 Å². The van der Waals surface area contributed by atoms with Crippen molar-refractivity contribution >= 4 is 0 Å². The second-order valence-electron chi connectivity index (χ2n) is 4.59. The van der Waals surface area contributed by atoms with Crippen molar-refractivity contribution in [2.45, 2.75) is 52.6 Å². The smallest absolute Gasteiger partial charge is 0.244 e. The molecule has 0 spiro atoms. The SMILES string of the molecule is CC[C@H]1CC(C)[C@](C)(C(F)F)CCO1. The van der Waals surface area contributed by atoms with Gasteiger partial charge in [-0.15, -0.1) is 0 Å². The van der Waals surface area contributed by atoms with Gasteiger partial charge in [0, 0.05) is 12.0 Å². The van der Waals surface area contributed by atoms with Gasteiger partial charge in [-0.2, -0.15) is 0 Å². The monoisotopic (exact) mass is 206 g/mol. The summed E-state index contributed by atoms with van der Waals surface area (Å²) in [4.78, 5) is 0. The quantitative estimate of drug-likeness (QED) is 0.672. The minimum atomic E-state index is -2.24. The van der Waals surface area contributed by atoms with E-state index in [9.17, 15) is 8.78 Å². The molecule has 0 saturated carbocycles. The van der Waals surface area contributed by atoms with Crippen LogP contribution in [0.5, 0.6) is 0 Å². The predicted octanol–water partition coefficient (Wildman–Crippen LogP) is 3.48. The van der Waals surface area contributed by atoms with E-state index in [4.69, 9.17) is 4.74 Å². The summed E-state index contributed by atoms with van der Waals surface area (Å²) in [5.74, 6) is 0.0370. The van der Waals surface area contributed by atoms with Crippen molar-refractivity contribution in [2.75, 3.05) is 6.61 Å². The molecule has 3 atom stereocenters. The molecule has 0 aromatic rings. The largest absolute Gasteiger partial charge is 0.378 e. The van der Waals surface area contributed by atoms with Gasteiger partial charge in [0.1, 0.15) is 0 Å². The molecule has 14 heavy (non-hydrogen) atoms. The van der Waals surface area contributed by atoms with Crippen LogP contribution in [0.2, 0.25) is 0 Å². The topological polar surface area (TPSA) is 9.23 Å². The molecule has 0 bridgehead atoms. The van der Waals surface area contributed by atoms with Crippen molar-refractivity contribution in [3.63, 3.8) is 0 Å². The summed E-state index contributed by atoms with van der Waals surface area (Å²) in [6.07, 6.45) is 0.0888. The molecule has 1 rings (SSSR count). The lowest BCUT2D eigenvalue weighted by atomic mass is 9.74. The Hall–Kier alpha value is -0.180. The summed E-state index contributed by atoms with van der Waals surface area (Å²) in [5, 5.41) is 0. The lowest BCUT2D eigenvalue weighted by Crippen LogP contribution is -2.33. The zero-order chi connectivity index (χ0) is 10.8. The fourth-order valence-electron chi connectivity index (χ4n) is 2.03. The molecular formula is C11H20F2O. The molecule has 1 heterocycles. The highest BCUT2D eigenvalue weighted by molar-refractivity contribution is 4.86. The van der Waals surface area contributed by atoms with Gasteiger partial charge in [-0.1, -0.05) is 20.8 Å². The summed E-state index contributed by atoms with van der Waals surface area (Å²) in [7, 11) is 0. The normalized spacial score (nSPS) is 39.9. The maximum atomic E-state index is 12.9. The molecule has 0 aliphatic carbocycles. The molecule has 1 aliphatic heterocycles. The molecule has 1 saturated heterocycles. The van der Waals surface area contributed by atoms with Gasteiger partial charge in [0.2, 0.25) is 6.43 Å². The third kappa shape index (κ3) is 2.25. The molecule has 0 N–H and O–H groups in total. The average molecular weight is 206 g/mol. The molecule has 84 valence electrons. The first-order chi connectivity index (χ1) is 6.50. The number of rotatable bonds is 2. The van der Waals surface area contributed by atoms with Crippen molar-refractivity contribution in [3.8, 4) is 0 Å². The Morgan fingerprint density at radius 3 is 2.64 bits per heavy atom. The van der Waals surface area contributed by atoms with Crippen LogP contribution < -0.4 is 0 Å². The summed E-state index contributed by atoms with van der Waals surface area (Å²) < 4.78 is 31.4. The Labute approximate surface area is 84.8 Å². The number of alkyl halides is 2. The zero-order valence-corrected chi connectivity index (χ0v) is 9.22. The summed E-state index contributed by atoms with van der Waals surface area (Å²) in [5.41, 5.74) is -0.857. The van der Waals surface area contributed by atoms with Crippen molar-refractivity contribution in [2.24, 2.45) is 11.3 Å². The fraction of sp³-hybridized carbons (Fsp3) is 1.00. The van der Waals surface area contributed by atoms with Crippen LogP contribution >= 0.6 is 0 Å². The van der Waals surface area contributed by atoms with Crippen LogP contribution in [0.15, 0.2) is 0 Å². The van der Waals surface area contributed by atoms with Gasteiger partial charge >= 0.3 is 0 Å². The minimum absolute atomic E-state index is 0.0370. The van der Waals surface area contributed by atoms with E-state index in [0.717, 1.165) is 12.8 Å². The lowest BCUT2D eigenvalue weighted by molar-refractivity contribution is -0.0344. The summed E-state index contributed by atoms with van der Waals surface area (Å²) in [6, 6.07) is 0. The van der Waals surface area contributed by atoms with Crippen LogP contribution in [-0.2, 0) is 4.74 Å². The fourth-order valence-corrected chi connectivity index (χ4v) is 2.03. The van der Waals surface area contributed by atoms with Crippen LogP contribution in [0.1, 0.15) is 40.0 Å². The Bertz CT molecular complexity index is 184. The Kier molecular flexibility index (Phi) is 3.87. The van der Waals surface area contributed by atoms with E-state index < -0.39 is 11.8 Å². The lowest BCUT2D eigenvalue weighted by Gasteiger charge is -2.33. The van der Waals surface area contributed by atoms with E-state index in [2.05, 4.69) is 0 Å². The number of hydrogen-bond donors (Lipinski definition) is 0. The Balaban J connectivity index is 2.70. The molecule has 0 amide bonds. The van der Waals surface area contributed by atoms with Gasteiger partial charge in [-0.25, -0.2) is 8.78 Å². The van der Waals surface area contributed by atoms with Crippen molar-refractivity contribution in [1.29, 1.82) is 0 Å². The summed E-state index contributed by atoms with van der Waals surface area (Å²) >= 11 is 0. The molecule has 1 nitrogen and oxygen atoms in total. The Morgan fingerprint density at radius 2 is 2.14 bits per heavy atom. The molecule has 1 aliphatic rings. The van der Waals surface area contributed by atoms with Gasteiger partial charge < -0.3 is 4.74 Å². The highest BCUT2D eigenvalue weighted by atomic mass is 19.3. The van der Waals surface area contributed by atoms with Gasteiger partial charge in [0.15, 0.2) is 0 Å². The molecule has 0 aromatic heterocycles. The van der Waals surface area contributed by atoms with Crippen LogP contribution in [0.4, 0.5) is 8.78 Å². The van der Waals surface area contributed by atoms with Crippen molar-refractivity contribution in [3.05, 3.63) is 0 Å².